The van der Waals surface area contributed by atoms with Gasteiger partial charge in [-0.25, -0.2) is 0 Å². The van der Waals surface area contributed by atoms with Crippen molar-refractivity contribution in [3.63, 3.8) is 0 Å². The second-order valence-electron chi connectivity index (χ2n) is 6.10. The third-order valence-electron chi connectivity index (χ3n) is 4.68. The number of aromatic amines is 1. The van der Waals surface area contributed by atoms with Crippen molar-refractivity contribution in [2.24, 2.45) is 0 Å². The zero-order chi connectivity index (χ0) is 15.1. The van der Waals surface area contributed by atoms with Gasteiger partial charge in [0.05, 0.1) is 0 Å². The maximum Gasteiger partial charge on any atom is 0.0483 e. The number of H-pyrrole nitrogens is 1. The molecule has 0 radical (unpaired) electrons. The van der Waals surface area contributed by atoms with Crippen LogP contribution in [0.25, 0.3) is 10.9 Å². The van der Waals surface area contributed by atoms with Gasteiger partial charge in [0.25, 0.3) is 0 Å². The third-order valence-corrected chi connectivity index (χ3v) is 5.18. The van der Waals surface area contributed by atoms with Gasteiger partial charge in [-0.1, -0.05) is 46.3 Å². The monoisotopic (exact) mass is 390 g/mol. The second kappa shape index (κ2) is 6.68. The summed E-state index contributed by atoms with van der Waals surface area (Å²) in [5.74, 6) is 0. The molecule has 1 aromatic heterocycles. The van der Waals surface area contributed by atoms with Crippen molar-refractivity contribution in [1.82, 2.24) is 10.3 Å². The fraction of sp³-hybridized carbons (Fsp3) is 0.263. The molecule has 1 aliphatic rings. The van der Waals surface area contributed by atoms with Crippen LogP contribution in [0.1, 0.15) is 42.2 Å². The van der Waals surface area contributed by atoms with Crippen LogP contribution in [-0.4, -0.2) is 4.98 Å². The lowest BCUT2D eigenvalue weighted by Gasteiger charge is -2.20. The van der Waals surface area contributed by atoms with Crippen LogP contribution < -0.4 is 5.32 Å². The Morgan fingerprint density at radius 3 is 2.74 bits per heavy atom. The molecule has 2 aromatic carbocycles. The minimum Gasteiger partial charge on any atom is -0.357 e. The molecule has 0 bridgehead atoms. The van der Waals surface area contributed by atoms with Crippen molar-refractivity contribution < 1.29 is 0 Å². The highest BCUT2D eigenvalue weighted by Gasteiger charge is 2.27. The summed E-state index contributed by atoms with van der Waals surface area (Å²) in [7, 11) is 0. The Labute approximate surface area is 151 Å². The molecule has 1 aliphatic carbocycles. The molecule has 0 saturated carbocycles. The summed E-state index contributed by atoms with van der Waals surface area (Å²) in [5, 5.41) is 5.15. The molecule has 0 spiro atoms. The molecule has 2 nitrogen and oxygen atoms in total. The van der Waals surface area contributed by atoms with Crippen LogP contribution >= 0.6 is 28.3 Å². The molecule has 2 N–H and O–H groups in total. The highest BCUT2D eigenvalue weighted by atomic mass is 79.9. The average molecular weight is 392 g/mol. The van der Waals surface area contributed by atoms with Gasteiger partial charge in [0.15, 0.2) is 0 Å². The smallest absolute Gasteiger partial charge is 0.0483 e. The number of fused-ring (bicyclic) bond motifs is 3. The molecular weight excluding hydrogens is 372 g/mol. The first-order chi connectivity index (χ1) is 10.7. The molecular formula is C19H20BrClN2. The Kier molecular flexibility index (Phi) is 4.81. The van der Waals surface area contributed by atoms with E-state index in [0.29, 0.717) is 12.1 Å². The Morgan fingerprint density at radius 1 is 1.17 bits per heavy atom. The maximum atomic E-state index is 3.78. The molecule has 0 saturated heterocycles. The fourth-order valence-corrected chi connectivity index (χ4v) is 3.91. The van der Waals surface area contributed by atoms with E-state index in [4.69, 9.17) is 0 Å². The van der Waals surface area contributed by atoms with Crippen LogP contribution in [0.5, 0.6) is 0 Å². The lowest BCUT2D eigenvalue weighted by Crippen LogP contribution is -2.23. The van der Waals surface area contributed by atoms with Crippen molar-refractivity contribution in [1.29, 1.82) is 0 Å². The number of nitrogens with one attached hydrogen (secondary N) is 2. The van der Waals surface area contributed by atoms with Crippen LogP contribution in [0.3, 0.4) is 0 Å². The van der Waals surface area contributed by atoms with Crippen molar-refractivity contribution in [3.8, 4) is 0 Å². The molecule has 0 amide bonds. The first kappa shape index (κ1) is 16.6. The number of rotatable bonds is 3. The topological polar surface area (TPSA) is 27.8 Å². The molecule has 4 heteroatoms. The van der Waals surface area contributed by atoms with Gasteiger partial charge < -0.3 is 10.3 Å². The zero-order valence-electron chi connectivity index (χ0n) is 13.0. The molecule has 0 unspecified atom stereocenters. The molecule has 2 atom stereocenters. The van der Waals surface area contributed by atoms with Gasteiger partial charge in [0.1, 0.15) is 0 Å². The molecule has 3 aromatic rings. The summed E-state index contributed by atoms with van der Waals surface area (Å²) in [5.41, 5.74) is 5.44. The van der Waals surface area contributed by atoms with Crippen LogP contribution in [0.15, 0.2) is 53.0 Å². The average Bonchev–Trinajstić information content (AvgIpc) is 3.08. The minimum absolute atomic E-state index is 0. The lowest BCUT2D eigenvalue weighted by molar-refractivity contribution is 0.459. The Balaban J connectivity index is 0.00000156. The summed E-state index contributed by atoms with van der Waals surface area (Å²) >= 11 is 3.58. The Bertz CT molecular complexity index is 813. The molecule has 0 aliphatic heterocycles. The van der Waals surface area contributed by atoms with Gasteiger partial charge in [-0.15, -0.1) is 12.4 Å². The van der Waals surface area contributed by atoms with Crippen LogP contribution in [-0.2, 0) is 6.42 Å². The van der Waals surface area contributed by atoms with Gasteiger partial charge in [0.2, 0.25) is 0 Å². The Morgan fingerprint density at radius 2 is 1.96 bits per heavy atom. The largest absolute Gasteiger partial charge is 0.357 e. The molecule has 120 valence electrons. The number of halogens is 2. The quantitative estimate of drug-likeness (QED) is 0.589. The number of aromatic nitrogens is 1. The van der Waals surface area contributed by atoms with E-state index < -0.39 is 0 Å². The number of hydrogen-bond donors (Lipinski definition) is 2. The number of aryl methyl sites for hydroxylation is 1. The first-order valence-electron chi connectivity index (χ1n) is 7.83. The molecule has 23 heavy (non-hydrogen) atoms. The van der Waals surface area contributed by atoms with E-state index >= 15 is 0 Å². The van der Waals surface area contributed by atoms with Crippen LogP contribution in [0, 0.1) is 0 Å². The molecule has 4 rings (SSSR count). The minimum atomic E-state index is 0. The van der Waals surface area contributed by atoms with Crippen LogP contribution in [0.4, 0.5) is 0 Å². The third kappa shape index (κ3) is 3.06. The molecule has 1 heterocycles. The van der Waals surface area contributed by atoms with E-state index in [0.717, 1.165) is 10.9 Å². The zero-order valence-corrected chi connectivity index (χ0v) is 15.4. The van der Waals surface area contributed by atoms with E-state index in [-0.39, 0.29) is 12.4 Å². The summed E-state index contributed by atoms with van der Waals surface area (Å²) in [6.45, 7) is 2.24. The van der Waals surface area contributed by atoms with Crippen molar-refractivity contribution in [2.75, 3.05) is 0 Å². The summed E-state index contributed by atoms with van der Waals surface area (Å²) in [4.78, 5) is 3.63. The summed E-state index contributed by atoms with van der Waals surface area (Å²) in [6, 6.07) is 17.9. The van der Waals surface area contributed by atoms with Gasteiger partial charge in [-0.3, -0.25) is 0 Å². The SMILES string of the molecule is C[C@@H](N[C@H]1CCc2c1[nH]c1ccc(Br)cc21)c1ccccc1.Cl. The van der Waals surface area contributed by atoms with Gasteiger partial charge in [-0.2, -0.15) is 0 Å². The van der Waals surface area contributed by atoms with Crippen molar-refractivity contribution >= 4 is 39.2 Å². The maximum absolute atomic E-state index is 3.78. The normalized spacial score (nSPS) is 17.7. The Hall–Kier alpha value is -1.29. The number of benzene rings is 2. The van der Waals surface area contributed by atoms with Gasteiger partial charge >= 0.3 is 0 Å². The highest BCUT2D eigenvalue weighted by molar-refractivity contribution is 9.10. The predicted octanol–water partition coefficient (Wildman–Crippen LogP) is 5.69. The van der Waals surface area contributed by atoms with E-state index in [1.807, 2.05) is 0 Å². The van der Waals surface area contributed by atoms with E-state index in [9.17, 15) is 0 Å². The predicted molar refractivity (Wildman–Crippen MR) is 102 cm³/mol. The lowest BCUT2D eigenvalue weighted by atomic mass is 10.1. The number of hydrogen-bond acceptors (Lipinski definition) is 1. The van der Waals surface area contributed by atoms with Gasteiger partial charge in [0, 0.05) is 33.2 Å². The van der Waals surface area contributed by atoms with E-state index in [2.05, 4.69) is 81.7 Å². The standard InChI is InChI=1S/C19H19BrN2.ClH/c1-12(13-5-3-2-4-6-13)21-18-10-8-15-16-11-14(20)7-9-17(16)22-19(15)18;/h2-7,9,11-12,18,21-22H,8,10H2,1H3;1H/t12-,18+;/m1./s1. The van der Waals surface area contributed by atoms with E-state index in [1.54, 1.807) is 0 Å². The first-order valence-corrected chi connectivity index (χ1v) is 8.62. The molecule has 0 fully saturated rings. The fourth-order valence-electron chi connectivity index (χ4n) is 3.55. The van der Waals surface area contributed by atoms with Crippen molar-refractivity contribution in [2.45, 2.75) is 31.8 Å². The highest BCUT2D eigenvalue weighted by Crippen LogP contribution is 2.38. The summed E-state index contributed by atoms with van der Waals surface area (Å²) < 4.78 is 1.15. The van der Waals surface area contributed by atoms with Gasteiger partial charge in [-0.05, 0) is 49.1 Å². The second-order valence-corrected chi connectivity index (χ2v) is 7.01. The van der Waals surface area contributed by atoms with Crippen LogP contribution in [0.2, 0.25) is 0 Å². The van der Waals surface area contributed by atoms with E-state index in [1.165, 1.54) is 34.1 Å². The summed E-state index contributed by atoms with van der Waals surface area (Å²) in [6.07, 6.45) is 2.31. The van der Waals surface area contributed by atoms with Crippen molar-refractivity contribution in [3.05, 3.63) is 69.8 Å².